The second kappa shape index (κ2) is 9.22. The molecule has 2 aliphatic heterocycles. The normalized spacial score (nSPS) is 23.9. The molecule has 2 N–H and O–H groups in total. The largest absolute Gasteiger partial charge is 0.490 e. The van der Waals surface area contributed by atoms with Crippen molar-refractivity contribution in [2.75, 3.05) is 38.0 Å². The Hall–Kier alpha value is -2.33. The van der Waals surface area contributed by atoms with E-state index in [1.165, 1.54) is 19.4 Å². The first-order chi connectivity index (χ1) is 14.1. The van der Waals surface area contributed by atoms with Crippen LogP contribution in [0.3, 0.4) is 0 Å². The highest BCUT2D eigenvalue weighted by Gasteiger charge is 2.39. The van der Waals surface area contributed by atoms with Gasteiger partial charge in [-0.15, -0.1) is 0 Å². The molecule has 2 saturated heterocycles. The lowest BCUT2D eigenvalue weighted by Crippen LogP contribution is -2.61. The topological polar surface area (TPSA) is 82.1 Å². The van der Waals surface area contributed by atoms with Crippen LogP contribution in [-0.2, 0) is 9.53 Å². The zero-order valence-corrected chi connectivity index (χ0v) is 16.7. The fourth-order valence-electron chi connectivity index (χ4n) is 3.66. The number of nitrogens with one attached hydrogen (secondary N) is 1. The van der Waals surface area contributed by atoms with Gasteiger partial charge in [0.2, 0.25) is 0 Å². The van der Waals surface area contributed by atoms with Gasteiger partial charge in [-0.05, 0) is 37.3 Å². The number of benzene rings is 1. The Labute approximate surface area is 172 Å². The highest BCUT2D eigenvalue weighted by atomic mass is 19.4. The number of carbonyl (C=O) groups excluding carboxylic acids is 1. The first-order valence-electron chi connectivity index (χ1n) is 9.91. The molecule has 1 aliphatic carbocycles. The molecule has 2 amide bonds. The van der Waals surface area contributed by atoms with Crippen molar-refractivity contribution in [1.82, 2.24) is 9.80 Å². The number of urea groups is 1. The van der Waals surface area contributed by atoms with Crippen molar-refractivity contribution in [2.45, 2.75) is 38.1 Å². The van der Waals surface area contributed by atoms with Gasteiger partial charge in [0.05, 0.1) is 12.2 Å². The summed E-state index contributed by atoms with van der Waals surface area (Å²) in [5, 5.41) is 10.2. The predicted octanol–water partition coefficient (Wildman–Crippen LogP) is 2.96. The molecular formula is C20H26F3N3O4. The Kier molecular flexibility index (Phi) is 6.87. The van der Waals surface area contributed by atoms with Crippen molar-refractivity contribution >= 4 is 17.7 Å². The zero-order valence-electron chi connectivity index (χ0n) is 16.7. The number of para-hydroxylation sites is 1. The first-order valence-corrected chi connectivity index (χ1v) is 9.91. The van der Waals surface area contributed by atoms with Gasteiger partial charge < -0.3 is 20.1 Å². The highest BCUT2D eigenvalue weighted by molar-refractivity contribution is 5.90. The van der Waals surface area contributed by atoms with Gasteiger partial charge in [-0.2, -0.15) is 13.2 Å². The number of anilines is 1. The average Bonchev–Trinajstić information content (AvgIpc) is 3.46. The van der Waals surface area contributed by atoms with E-state index < -0.39 is 12.1 Å². The van der Waals surface area contributed by atoms with Gasteiger partial charge in [0, 0.05) is 38.4 Å². The minimum Gasteiger partial charge on any atom is -0.475 e. The summed E-state index contributed by atoms with van der Waals surface area (Å²) in [6.45, 7) is 6.53. The summed E-state index contributed by atoms with van der Waals surface area (Å²) in [6.07, 6.45) is -2.00. The number of halogens is 3. The minimum absolute atomic E-state index is 0.00626. The highest BCUT2D eigenvalue weighted by Crippen LogP contribution is 2.31. The van der Waals surface area contributed by atoms with E-state index in [0.29, 0.717) is 13.1 Å². The first kappa shape index (κ1) is 22.4. The van der Waals surface area contributed by atoms with E-state index in [1.54, 1.807) is 0 Å². The Bertz CT molecular complexity index is 756. The molecule has 0 aromatic heterocycles. The number of hydrogen-bond acceptors (Lipinski definition) is 4. The van der Waals surface area contributed by atoms with Gasteiger partial charge in [-0.25, -0.2) is 9.59 Å². The molecule has 2 bridgehead atoms. The van der Waals surface area contributed by atoms with Crippen LogP contribution in [0.5, 0.6) is 0 Å². The van der Waals surface area contributed by atoms with Gasteiger partial charge in [0.15, 0.2) is 0 Å². The van der Waals surface area contributed by atoms with E-state index in [4.69, 9.17) is 14.6 Å². The lowest BCUT2D eigenvalue weighted by molar-refractivity contribution is -0.192. The lowest BCUT2D eigenvalue weighted by Gasteiger charge is -2.45. The van der Waals surface area contributed by atoms with Gasteiger partial charge in [-0.1, -0.05) is 18.2 Å². The number of carboxylic acid groups (broad SMARTS) is 1. The Morgan fingerprint density at radius 2 is 1.70 bits per heavy atom. The number of morpholine rings is 2. The van der Waals surface area contributed by atoms with Crippen LogP contribution in [0.4, 0.5) is 23.7 Å². The number of carbonyl (C=O) groups is 2. The van der Waals surface area contributed by atoms with E-state index in [2.05, 4.69) is 10.2 Å². The van der Waals surface area contributed by atoms with Crippen molar-refractivity contribution in [3.05, 3.63) is 29.8 Å². The number of hydrogen-bond donors (Lipinski definition) is 2. The minimum atomic E-state index is -5.08. The maximum atomic E-state index is 12.6. The molecule has 1 aromatic rings. The average molecular weight is 429 g/mol. The number of alkyl halides is 3. The second-order valence-corrected chi connectivity index (χ2v) is 7.99. The summed E-state index contributed by atoms with van der Waals surface area (Å²) in [5.74, 6) is -1.85. The van der Waals surface area contributed by atoms with Crippen molar-refractivity contribution in [3.63, 3.8) is 0 Å². The molecule has 10 heteroatoms. The molecule has 1 saturated carbocycles. The van der Waals surface area contributed by atoms with Crippen molar-refractivity contribution in [3.8, 4) is 0 Å². The summed E-state index contributed by atoms with van der Waals surface area (Å²) < 4.78 is 37.8. The van der Waals surface area contributed by atoms with E-state index >= 15 is 0 Å². The SMILES string of the molecule is Cc1ccccc1NC(=O)N1CC2CN(CC3CC3)CC(C1)O2.O=C(O)C(F)(F)F. The number of aliphatic carboxylic acids is 1. The second-order valence-electron chi connectivity index (χ2n) is 7.99. The molecule has 1 aromatic carbocycles. The Morgan fingerprint density at radius 3 is 2.20 bits per heavy atom. The fraction of sp³-hybridized carbons (Fsp3) is 0.600. The van der Waals surface area contributed by atoms with E-state index in [9.17, 15) is 18.0 Å². The number of amides is 2. The van der Waals surface area contributed by atoms with E-state index in [0.717, 1.165) is 30.3 Å². The number of rotatable bonds is 3. The van der Waals surface area contributed by atoms with Crippen LogP contribution in [0.15, 0.2) is 24.3 Å². The Morgan fingerprint density at radius 1 is 1.13 bits per heavy atom. The fourth-order valence-corrected chi connectivity index (χ4v) is 3.66. The third kappa shape index (κ3) is 6.33. The smallest absolute Gasteiger partial charge is 0.475 e. The molecule has 3 aliphatic rings. The van der Waals surface area contributed by atoms with Crippen LogP contribution in [0.1, 0.15) is 18.4 Å². The van der Waals surface area contributed by atoms with Crippen molar-refractivity contribution in [1.29, 1.82) is 0 Å². The van der Waals surface area contributed by atoms with E-state index in [-0.39, 0.29) is 18.2 Å². The number of carboxylic acids is 1. The molecule has 3 fully saturated rings. The van der Waals surface area contributed by atoms with Crippen molar-refractivity contribution in [2.24, 2.45) is 5.92 Å². The molecule has 0 radical (unpaired) electrons. The summed E-state index contributed by atoms with van der Waals surface area (Å²) in [5.41, 5.74) is 1.98. The van der Waals surface area contributed by atoms with Crippen LogP contribution in [0.2, 0.25) is 0 Å². The number of aryl methyl sites for hydroxylation is 1. The van der Waals surface area contributed by atoms with Gasteiger partial charge >= 0.3 is 18.2 Å². The van der Waals surface area contributed by atoms with Crippen LogP contribution >= 0.6 is 0 Å². The van der Waals surface area contributed by atoms with Gasteiger partial charge in [-0.3, -0.25) is 4.90 Å². The summed E-state index contributed by atoms with van der Waals surface area (Å²) >= 11 is 0. The molecule has 166 valence electrons. The lowest BCUT2D eigenvalue weighted by atomic mass is 10.1. The monoisotopic (exact) mass is 429 g/mol. The number of fused-ring (bicyclic) bond motifs is 2. The quantitative estimate of drug-likeness (QED) is 0.772. The number of nitrogens with zero attached hydrogens (tertiary/aromatic N) is 2. The molecule has 2 atom stereocenters. The zero-order chi connectivity index (χ0) is 21.9. The molecule has 4 rings (SSSR count). The Balaban J connectivity index is 0.000000318. The molecule has 30 heavy (non-hydrogen) atoms. The summed E-state index contributed by atoms with van der Waals surface area (Å²) in [6, 6.07) is 7.89. The summed E-state index contributed by atoms with van der Waals surface area (Å²) in [7, 11) is 0. The molecule has 0 spiro atoms. The maximum Gasteiger partial charge on any atom is 0.490 e. The standard InChI is InChI=1S/C18H25N3O2.C2HF3O2/c1-13-4-2-3-5-17(13)19-18(22)21-11-15-9-20(8-14-6-7-14)10-16(12-21)23-15;3-2(4,5)1(6)7/h2-5,14-16H,6-12H2,1H3,(H,19,22);(H,6,7). The molecule has 2 unspecified atom stereocenters. The third-order valence-electron chi connectivity index (χ3n) is 5.29. The van der Waals surface area contributed by atoms with Crippen LogP contribution in [-0.4, -0.2) is 78.0 Å². The molecule has 7 nitrogen and oxygen atoms in total. The maximum absolute atomic E-state index is 12.6. The van der Waals surface area contributed by atoms with Crippen LogP contribution in [0, 0.1) is 12.8 Å². The van der Waals surface area contributed by atoms with Crippen LogP contribution < -0.4 is 5.32 Å². The van der Waals surface area contributed by atoms with Gasteiger partial charge in [0.25, 0.3) is 0 Å². The number of ether oxygens (including phenoxy) is 1. The molecular weight excluding hydrogens is 403 g/mol. The van der Waals surface area contributed by atoms with Gasteiger partial charge in [0.1, 0.15) is 0 Å². The van der Waals surface area contributed by atoms with E-state index in [1.807, 2.05) is 36.1 Å². The van der Waals surface area contributed by atoms with Crippen molar-refractivity contribution < 1.29 is 32.6 Å². The summed E-state index contributed by atoms with van der Waals surface area (Å²) in [4.78, 5) is 25.9. The predicted molar refractivity (Wildman–Crippen MR) is 103 cm³/mol. The third-order valence-corrected chi connectivity index (χ3v) is 5.29. The van der Waals surface area contributed by atoms with Crippen LogP contribution in [0.25, 0.3) is 0 Å². The molecule has 2 heterocycles.